The average Bonchev–Trinajstić information content (AvgIpc) is 2.69. The molecular formula is C13H20N2O4. The quantitative estimate of drug-likeness (QED) is 0.716. The van der Waals surface area contributed by atoms with E-state index in [0.717, 1.165) is 0 Å². The van der Waals surface area contributed by atoms with Crippen LogP contribution < -0.4 is 0 Å². The minimum atomic E-state index is -0.342. The highest BCUT2D eigenvalue weighted by atomic mass is 16.3. The van der Waals surface area contributed by atoms with Gasteiger partial charge >= 0.3 is 0 Å². The van der Waals surface area contributed by atoms with Gasteiger partial charge in [0.15, 0.2) is 0 Å². The molecule has 0 aromatic heterocycles. The van der Waals surface area contributed by atoms with Gasteiger partial charge in [-0.3, -0.25) is 19.3 Å². The van der Waals surface area contributed by atoms with E-state index in [1.54, 1.807) is 4.90 Å². The number of aliphatic hydroxyl groups excluding tert-OH is 1. The molecule has 0 aromatic rings. The zero-order chi connectivity index (χ0) is 14.0. The van der Waals surface area contributed by atoms with Gasteiger partial charge in [0.05, 0.1) is 6.10 Å². The van der Waals surface area contributed by atoms with Crippen LogP contribution in [0.2, 0.25) is 0 Å². The van der Waals surface area contributed by atoms with Crippen molar-refractivity contribution < 1.29 is 19.5 Å². The number of nitrogens with zero attached hydrogens (tertiary/aromatic N) is 2. The van der Waals surface area contributed by atoms with Gasteiger partial charge in [0.2, 0.25) is 17.7 Å². The molecule has 0 radical (unpaired) electrons. The number of carbonyl (C=O) groups excluding carboxylic acids is 3. The van der Waals surface area contributed by atoms with Crippen molar-refractivity contribution in [2.75, 3.05) is 19.6 Å². The fourth-order valence-corrected chi connectivity index (χ4v) is 2.60. The SMILES string of the molecule is CC1CN(C(=O)CCN2C(=O)CCC2=O)CCC1O. The van der Waals surface area contributed by atoms with Crippen molar-refractivity contribution in [1.82, 2.24) is 9.80 Å². The maximum atomic E-state index is 12.0. The minimum absolute atomic E-state index is 0.0498. The van der Waals surface area contributed by atoms with E-state index in [0.29, 0.717) is 19.5 Å². The van der Waals surface area contributed by atoms with Gasteiger partial charge in [0.1, 0.15) is 0 Å². The van der Waals surface area contributed by atoms with Gasteiger partial charge in [-0.05, 0) is 12.3 Å². The highest BCUT2D eigenvalue weighted by Gasteiger charge is 2.31. The van der Waals surface area contributed by atoms with E-state index in [4.69, 9.17) is 0 Å². The van der Waals surface area contributed by atoms with Gasteiger partial charge in [0, 0.05) is 38.9 Å². The van der Waals surface area contributed by atoms with Crippen LogP contribution in [0, 0.1) is 5.92 Å². The van der Waals surface area contributed by atoms with Crippen molar-refractivity contribution >= 4 is 17.7 Å². The fourth-order valence-electron chi connectivity index (χ4n) is 2.60. The first kappa shape index (κ1) is 14.0. The number of amides is 3. The molecule has 2 fully saturated rings. The average molecular weight is 268 g/mol. The predicted molar refractivity (Wildman–Crippen MR) is 66.9 cm³/mol. The zero-order valence-corrected chi connectivity index (χ0v) is 11.2. The Morgan fingerprint density at radius 1 is 1.32 bits per heavy atom. The lowest BCUT2D eigenvalue weighted by Crippen LogP contribution is -2.46. The molecule has 0 aliphatic carbocycles. The number of piperidine rings is 1. The van der Waals surface area contributed by atoms with E-state index < -0.39 is 0 Å². The van der Waals surface area contributed by atoms with Gasteiger partial charge in [-0.25, -0.2) is 0 Å². The second kappa shape index (κ2) is 5.69. The molecule has 2 aliphatic heterocycles. The first-order valence-corrected chi connectivity index (χ1v) is 6.78. The summed E-state index contributed by atoms with van der Waals surface area (Å²) in [5.74, 6) is -0.334. The normalized spacial score (nSPS) is 28.1. The Balaban J connectivity index is 1.81. The van der Waals surface area contributed by atoms with Gasteiger partial charge < -0.3 is 10.0 Å². The van der Waals surface area contributed by atoms with Crippen LogP contribution in [-0.2, 0) is 14.4 Å². The first-order valence-electron chi connectivity index (χ1n) is 6.78. The summed E-state index contributed by atoms with van der Waals surface area (Å²) < 4.78 is 0. The lowest BCUT2D eigenvalue weighted by atomic mass is 9.96. The molecule has 0 bridgehead atoms. The number of aliphatic hydroxyl groups is 1. The van der Waals surface area contributed by atoms with E-state index in [1.807, 2.05) is 6.92 Å². The number of hydrogen-bond donors (Lipinski definition) is 1. The molecule has 2 unspecified atom stereocenters. The van der Waals surface area contributed by atoms with Crippen LogP contribution in [0.25, 0.3) is 0 Å². The van der Waals surface area contributed by atoms with Crippen LogP contribution in [0.3, 0.4) is 0 Å². The molecule has 19 heavy (non-hydrogen) atoms. The lowest BCUT2D eigenvalue weighted by molar-refractivity contribution is -0.140. The molecule has 6 nitrogen and oxygen atoms in total. The summed E-state index contributed by atoms with van der Waals surface area (Å²) in [7, 11) is 0. The Hall–Kier alpha value is -1.43. The predicted octanol–water partition coefficient (Wildman–Crippen LogP) is -0.245. The van der Waals surface area contributed by atoms with Crippen LogP contribution >= 0.6 is 0 Å². The molecular weight excluding hydrogens is 248 g/mol. The van der Waals surface area contributed by atoms with Crippen molar-refractivity contribution in [3.8, 4) is 0 Å². The van der Waals surface area contributed by atoms with E-state index in [-0.39, 0.29) is 55.6 Å². The highest BCUT2D eigenvalue weighted by molar-refractivity contribution is 6.02. The van der Waals surface area contributed by atoms with Gasteiger partial charge in [0.25, 0.3) is 0 Å². The molecule has 2 rings (SSSR count). The number of imide groups is 1. The third kappa shape index (κ3) is 3.12. The molecule has 2 saturated heterocycles. The number of rotatable bonds is 3. The molecule has 6 heteroatoms. The maximum absolute atomic E-state index is 12.0. The Kier molecular flexibility index (Phi) is 4.19. The van der Waals surface area contributed by atoms with Crippen molar-refractivity contribution in [3.63, 3.8) is 0 Å². The Labute approximate surface area is 112 Å². The number of hydrogen-bond acceptors (Lipinski definition) is 4. The summed E-state index contributed by atoms with van der Waals surface area (Å²) in [5.41, 5.74) is 0. The van der Waals surface area contributed by atoms with Crippen molar-refractivity contribution in [1.29, 1.82) is 0 Å². The van der Waals surface area contributed by atoms with Crippen LogP contribution in [0.4, 0.5) is 0 Å². The number of carbonyl (C=O) groups is 3. The molecule has 2 heterocycles. The summed E-state index contributed by atoms with van der Waals surface area (Å²) >= 11 is 0. The molecule has 2 atom stereocenters. The summed E-state index contributed by atoms with van der Waals surface area (Å²) in [4.78, 5) is 37.7. The Bertz CT molecular complexity index is 380. The topological polar surface area (TPSA) is 77.9 Å². The minimum Gasteiger partial charge on any atom is -0.393 e. The van der Waals surface area contributed by atoms with Crippen molar-refractivity contribution in [2.45, 2.75) is 38.7 Å². The van der Waals surface area contributed by atoms with Crippen LogP contribution in [0.15, 0.2) is 0 Å². The highest BCUT2D eigenvalue weighted by Crippen LogP contribution is 2.18. The second-order valence-corrected chi connectivity index (χ2v) is 5.36. The summed E-state index contributed by atoms with van der Waals surface area (Å²) in [6, 6.07) is 0. The monoisotopic (exact) mass is 268 g/mol. The molecule has 1 N–H and O–H groups in total. The van der Waals surface area contributed by atoms with Gasteiger partial charge in [-0.15, -0.1) is 0 Å². The van der Waals surface area contributed by atoms with Crippen molar-refractivity contribution in [2.24, 2.45) is 5.92 Å². The third-order valence-corrected chi connectivity index (χ3v) is 3.92. The standard InChI is InChI=1S/C13H20N2O4/c1-9-8-14(6-4-10(9)16)11(17)5-7-15-12(18)2-3-13(15)19/h9-10,16H,2-8H2,1H3. The lowest BCUT2D eigenvalue weighted by Gasteiger charge is -2.34. The molecule has 3 amide bonds. The largest absolute Gasteiger partial charge is 0.393 e. The van der Waals surface area contributed by atoms with Crippen LogP contribution in [0.5, 0.6) is 0 Å². The second-order valence-electron chi connectivity index (χ2n) is 5.36. The van der Waals surface area contributed by atoms with E-state index in [9.17, 15) is 19.5 Å². The summed E-state index contributed by atoms with van der Waals surface area (Å²) in [6.45, 7) is 3.19. The number of likely N-dealkylation sites (tertiary alicyclic amines) is 2. The maximum Gasteiger partial charge on any atom is 0.229 e. The Morgan fingerprint density at radius 2 is 1.95 bits per heavy atom. The summed E-state index contributed by atoms with van der Waals surface area (Å²) in [5, 5.41) is 9.61. The van der Waals surface area contributed by atoms with Crippen LogP contribution in [0.1, 0.15) is 32.6 Å². The molecule has 2 aliphatic rings. The first-order chi connectivity index (χ1) is 8.99. The summed E-state index contributed by atoms with van der Waals surface area (Å²) in [6.07, 6.45) is 0.958. The van der Waals surface area contributed by atoms with Gasteiger partial charge in [-0.1, -0.05) is 6.92 Å². The van der Waals surface area contributed by atoms with Crippen LogP contribution in [-0.4, -0.2) is 58.4 Å². The van der Waals surface area contributed by atoms with Crippen molar-refractivity contribution in [3.05, 3.63) is 0 Å². The van der Waals surface area contributed by atoms with Gasteiger partial charge in [-0.2, -0.15) is 0 Å². The molecule has 0 spiro atoms. The van der Waals surface area contributed by atoms with E-state index in [1.165, 1.54) is 4.90 Å². The molecule has 0 aromatic carbocycles. The smallest absolute Gasteiger partial charge is 0.229 e. The molecule has 106 valence electrons. The zero-order valence-electron chi connectivity index (χ0n) is 11.2. The fraction of sp³-hybridized carbons (Fsp3) is 0.769. The third-order valence-electron chi connectivity index (χ3n) is 3.92. The molecule has 0 saturated carbocycles. The Morgan fingerprint density at radius 3 is 2.53 bits per heavy atom. The van der Waals surface area contributed by atoms with E-state index in [2.05, 4.69) is 0 Å². The van der Waals surface area contributed by atoms with E-state index >= 15 is 0 Å².